The number of aromatic nitrogens is 4. The molecule has 1 aliphatic heterocycles. The fraction of sp³-hybridized carbons (Fsp3) is 0.429. The summed E-state index contributed by atoms with van der Waals surface area (Å²) in [6.45, 7) is 7.01. The summed E-state index contributed by atoms with van der Waals surface area (Å²) in [7, 11) is 0. The van der Waals surface area contributed by atoms with E-state index in [1.165, 1.54) is 4.88 Å². The highest BCUT2D eigenvalue weighted by Gasteiger charge is 2.21. The van der Waals surface area contributed by atoms with Gasteiger partial charge in [-0.1, -0.05) is 17.7 Å². The lowest BCUT2D eigenvalue weighted by Crippen LogP contribution is -2.34. The Kier molecular flexibility index (Phi) is 6.37. The van der Waals surface area contributed by atoms with Crippen molar-refractivity contribution in [3.8, 4) is 0 Å². The molecule has 3 aromatic rings. The molecule has 0 radical (unpaired) electrons. The molecule has 0 aromatic carbocycles. The first kappa shape index (κ1) is 20.2. The molecule has 1 N–H and O–H groups in total. The van der Waals surface area contributed by atoms with Gasteiger partial charge in [-0.2, -0.15) is 0 Å². The molecule has 6 nitrogen and oxygen atoms in total. The van der Waals surface area contributed by atoms with Crippen LogP contribution in [0.1, 0.15) is 34.7 Å². The van der Waals surface area contributed by atoms with Crippen LogP contribution in [0.5, 0.6) is 0 Å². The molecule has 0 unspecified atom stereocenters. The van der Waals surface area contributed by atoms with Gasteiger partial charge in [-0.25, -0.2) is 15.0 Å². The maximum atomic E-state index is 6.30. The molecule has 3 aromatic heterocycles. The van der Waals surface area contributed by atoms with Crippen molar-refractivity contribution in [1.82, 2.24) is 24.8 Å². The van der Waals surface area contributed by atoms with Gasteiger partial charge in [0.05, 0.1) is 11.9 Å². The van der Waals surface area contributed by atoms with Crippen molar-refractivity contribution in [2.75, 3.05) is 18.4 Å². The van der Waals surface area contributed by atoms with Crippen LogP contribution in [0.4, 0.5) is 10.9 Å². The third kappa shape index (κ3) is 5.50. The van der Waals surface area contributed by atoms with Crippen molar-refractivity contribution >= 4 is 33.9 Å². The molecule has 0 atom stereocenters. The molecule has 0 bridgehead atoms. The summed E-state index contributed by atoms with van der Waals surface area (Å²) in [4.78, 5) is 21.4. The van der Waals surface area contributed by atoms with Crippen LogP contribution in [-0.4, -0.2) is 37.9 Å². The summed E-state index contributed by atoms with van der Waals surface area (Å²) < 4.78 is 0. The van der Waals surface area contributed by atoms with Crippen LogP contribution in [0.15, 0.2) is 30.7 Å². The van der Waals surface area contributed by atoms with Crippen molar-refractivity contribution in [2.24, 2.45) is 5.92 Å². The number of piperidine rings is 1. The van der Waals surface area contributed by atoms with E-state index >= 15 is 0 Å². The normalized spacial score (nSPS) is 15.6. The smallest absolute Gasteiger partial charge is 0.188 e. The van der Waals surface area contributed by atoms with Crippen molar-refractivity contribution < 1.29 is 0 Å². The number of likely N-dealkylation sites (tertiary alicyclic amines) is 1. The lowest BCUT2D eigenvalue weighted by atomic mass is 9.92. The number of halogens is 1. The molecular weight excluding hydrogens is 404 g/mol. The van der Waals surface area contributed by atoms with E-state index in [-0.39, 0.29) is 0 Å². The molecular formula is C21H25ClN6S. The summed E-state index contributed by atoms with van der Waals surface area (Å²) in [5, 5.41) is 4.73. The van der Waals surface area contributed by atoms with Gasteiger partial charge >= 0.3 is 0 Å². The number of hydrogen-bond acceptors (Lipinski definition) is 7. The summed E-state index contributed by atoms with van der Waals surface area (Å²) in [6.07, 6.45) is 8.76. The molecule has 1 aliphatic rings. The van der Waals surface area contributed by atoms with Gasteiger partial charge in [0.15, 0.2) is 10.9 Å². The SMILES string of the molecule is Cc1ccc(CN2CCC(Cc3cncc(Nc4ncc(C)s4)n3)CC2)c(Cl)n1. The molecule has 29 heavy (non-hydrogen) atoms. The van der Waals surface area contributed by atoms with Crippen LogP contribution in [0, 0.1) is 19.8 Å². The second-order valence-electron chi connectivity index (χ2n) is 7.62. The van der Waals surface area contributed by atoms with Gasteiger partial charge in [-0.15, -0.1) is 11.3 Å². The van der Waals surface area contributed by atoms with Crippen molar-refractivity contribution in [3.63, 3.8) is 0 Å². The minimum atomic E-state index is 0.627. The number of nitrogens with one attached hydrogen (secondary N) is 1. The van der Waals surface area contributed by atoms with E-state index < -0.39 is 0 Å². The van der Waals surface area contributed by atoms with E-state index in [1.807, 2.05) is 32.3 Å². The molecule has 0 saturated carbocycles. The highest BCUT2D eigenvalue weighted by molar-refractivity contribution is 7.15. The first-order chi connectivity index (χ1) is 14.0. The quantitative estimate of drug-likeness (QED) is 0.569. The highest BCUT2D eigenvalue weighted by Crippen LogP contribution is 2.25. The fourth-order valence-electron chi connectivity index (χ4n) is 3.64. The van der Waals surface area contributed by atoms with Crippen molar-refractivity contribution in [1.29, 1.82) is 0 Å². The fourth-order valence-corrected chi connectivity index (χ4v) is 4.57. The summed E-state index contributed by atoms with van der Waals surface area (Å²) >= 11 is 7.91. The zero-order valence-electron chi connectivity index (χ0n) is 16.7. The highest BCUT2D eigenvalue weighted by atomic mass is 35.5. The predicted molar refractivity (Wildman–Crippen MR) is 118 cm³/mol. The van der Waals surface area contributed by atoms with Crippen LogP contribution < -0.4 is 5.32 Å². The average molecular weight is 429 g/mol. The second kappa shape index (κ2) is 9.15. The van der Waals surface area contributed by atoms with E-state index in [9.17, 15) is 0 Å². The maximum absolute atomic E-state index is 6.30. The Morgan fingerprint density at radius 2 is 1.97 bits per heavy atom. The Bertz CT molecular complexity index is 967. The number of thiazole rings is 1. The van der Waals surface area contributed by atoms with Crippen LogP contribution >= 0.6 is 22.9 Å². The summed E-state index contributed by atoms with van der Waals surface area (Å²) in [6, 6.07) is 4.12. The van der Waals surface area contributed by atoms with Gasteiger partial charge in [-0.3, -0.25) is 9.88 Å². The standard InChI is InChI=1S/C21H25ClN6S/c1-14-3-4-17(20(22)25-14)13-28-7-5-16(6-8-28)9-18-11-23-12-19(26-18)27-21-24-10-15(2)29-21/h3-4,10-12,16H,5-9,13H2,1-2H3,(H,24,26,27). The Morgan fingerprint density at radius 1 is 1.14 bits per heavy atom. The van der Waals surface area contributed by atoms with Crippen LogP contribution in [0.2, 0.25) is 5.15 Å². The van der Waals surface area contributed by atoms with Crippen molar-refractivity contribution in [3.05, 3.63) is 57.7 Å². The lowest BCUT2D eigenvalue weighted by Gasteiger charge is -2.32. The van der Waals surface area contributed by atoms with Gasteiger partial charge in [0.25, 0.3) is 0 Å². The number of aryl methyl sites for hydroxylation is 2. The van der Waals surface area contributed by atoms with Gasteiger partial charge in [0, 0.05) is 35.1 Å². The van der Waals surface area contributed by atoms with Gasteiger partial charge in [0.2, 0.25) is 0 Å². The van der Waals surface area contributed by atoms with Gasteiger partial charge in [0.1, 0.15) is 5.15 Å². The number of pyridine rings is 1. The molecule has 152 valence electrons. The van der Waals surface area contributed by atoms with Crippen LogP contribution in [0.25, 0.3) is 0 Å². The lowest BCUT2D eigenvalue weighted by molar-refractivity contribution is 0.176. The first-order valence-corrected chi connectivity index (χ1v) is 11.1. The Balaban J connectivity index is 1.30. The number of nitrogens with zero attached hydrogens (tertiary/aromatic N) is 5. The van der Waals surface area contributed by atoms with E-state index in [0.29, 0.717) is 11.1 Å². The third-order valence-corrected chi connectivity index (χ3v) is 6.36. The summed E-state index contributed by atoms with van der Waals surface area (Å²) in [5.74, 6) is 1.39. The molecule has 0 aliphatic carbocycles. The van der Waals surface area contributed by atoms with Gasteiger partial charge in [-0.05, 0) is 58.2 Å². The number of rotatable bonds is 6. The van der Waals surface area contributed by atoms with E-state index in [4.69, 9.17) is 16.6 Å². The number of anilines is 2. The first-order valence-electron chi connectivity index (χ1n) is 9.90. The van der Waals surface area contributed by atoms with E-state index in [2.05, 4.69) is 31.2 Å². The van der Waals surface area contributed by atoms with E-state index in [0.717, 1.165) is 66.8 Å². The topological polar surface area (TPSA) is 66.8 Å². The van der Waals surface area contributed by atoms with Crippen molar-refractivity contribution in [2.45, 2.75) is 39.7 Å². The van der Waals surface area contributed by atoms with Crippen LogP contribution in [-0.2, 0) is 13.0 Å². The molecule has 1 saturated heterocycles. The summed E-state index contributed by atoms with van der Waals surface area (Å²) in [5.41, 5.74) is 3.10. The Morgan fingerprint density at radius 3 is 2.69 bits per heavy atom. The molecule has 0 spiro atoms. The Labute approximate surface area is 180 Å². The third-order valence-electron chi connectivity index (χ3n) is 5.20. The molecule has 1 fully saturated rings. The minimum absolute atomic E-state index is 0.627. The molecule has 4 rings (SSSR count). The molecule has 4 heterocycles. The average Bonchev–Trinajstić information content (AvgIpc) is 3.10. The zero-order chi connectivity index (χ0) is 20.2. The monoisotopic (exact) mass is 428 g/mol. The molecule has 0 amide bonds. The van der Waals surface area contributed by atoms with E-state index in [1.54, 1.807) is 17.5 Å². The Hall–Kier alpha value is -2.09. The molecule has 8 heteroatoms. The zero-order valence-corrected chi connectivity index (χ0v) is 18.3. The maximum Gasteiger partial charge on any atom is 0.188 e. The predicted octanol–water partition coefficient (Wildman–Crippen LogP) is 4.80. The minimum Gasteiger partial charge on any atom is -0.315 e. The number of hydrogen-bond donors (Lipinski definition) is 1. The van der Waals surface area contributed by atoms with Gasteiger partial charge < -0.3 is 5.32 Å². The largest absolute Gasteiger partial charge is 0.315 e. The van der Waals surface area contributed by atoms with Crippen LogP contribution in [0.3, 0.4) is 0 Å². The second-order valence-corrected chi connectivity index (χ2v) is 9.22.